The van der Waals surface area contributed by atoms with E-state index >= 15 is 0 Å². The lowest BCUT2D eigenvalue weighted by Crippen LogP contribution is -2.26. The Hall–Kier alpha value is -1.42. The molecule has 88 valence electrons. The number of nitrogens with one attached hydrogen (secondary N) is 2. The second-order valence-corrected chi connectivity index (χ2v) is 3.67. The van der Waals surface area contributed by atoms with Crippen LogP contribution in [0.1, 0.15) is 18.4 Å². The summed E-state index contributed by atoms with van der Waals surface area (Å²) in [6, 6.07) is 3.88. The van der Waals surface area contributed by atoms with Gasteiger partial charge in [0.2, 0.25) is 5.91 Å². The summed E-state index contributed by atoms with van der Waals surface area (Å²) in [5.74, 6) is 0.111. The summed E-state index contributed by atoms with van der Waals surface area (Å²) in [7, 11) is 1.91. The van der Waals surface area contributed by atoms with Crippen LogP contribution in [-0.2, 0) is 11.2 Å². The number of nitrogens with zero attached hydrogens (tertiary/aromatic N) is 1. The van der Waals surface area contributed by atoms with Crippen LogP contribution in [0.5, 0.6) is 0 Å². The van der Waals surface area contributed by atoms with E-state index in [4.69, 9.17) is 0 Å². The molecule has 0 atom stereocenters. The van der Waals surface area contributed by atoms with Gasteiger partial charge in [0.05, 0.1) is 0 Å². The second kappa shape index (κ2) is 7.82. The Morgan fingerprint density at radius 3 is 3.00 bits per heavy atom. The molecule has 0 aliphatic carbocycles. The number of aryl methyl sites for hydroxylation is 1. The topological polar surface area (TPSA) is 54.0 Å². The highest BCUT2D eigenvalue weighted by atomic mass is 16.1. The molecule has 2 N–H and O–H groups in total. The molecule has 0 fully saturated rings. The molecule has 0 saturated heterocycles. The van der Waals surface area contributed by atoms with Crippen LogP contribution >= 0.6 is 0 Å². The number of rotatable bonds is 7. The number of aromatic nitrogens is 1. The predicted octanol–water partition coefficient (Wildman–Crippen LogP) is 0.740. The molecule has 0 aliphatic rings. The molecule has 1 heterocycles. The molecule has 0 radical (unpaired) electrons. The first kappa shape index (κ1) is 12.6. The van der Waals surface area contributed by atoms with Crippen molar-refractivity contribution in [3.05, 3.63) is 30.1 Å². The van der Waals surface area contributed by atoms with E-state index in [1.807, 2.05) is 19.2 Å². The molecule has 1 rings (SSSR count). The van der Waals surface area contributed by atoms with Crippen molar-refractivity contribution in [3.8, 4) is 0 Å². The number of carbonyl (C=O) groups is 1. The van der Waals surface area contributed by atoms with Gasteiger partial charge in [-0.15, -0.1) is 0 Å². The summed E-state index contributed by atoms with van der Waals surface area (Å²) < 4.78 is 0. The lowest BCUT2D eigenvalue weighted by molar-refractivity contribution is -0.121. The number of hydrogen-bond donors (Lipinski definition) is 2. The third kappa shape index (κ3) is 5.46. The molecule has 0 bridgehead atoms. The molecule has 0 spiro atoms. The van der Waals surface area contributed by atoms with Crippen molar-refractivity contribution in [1.29, 1.82) is 0 Å². The van der Waals surface area contributed by atoms with Gasteiger partial charge >= 0.3 is 0 Å². The van der Waals surface area contributed by atoms with E-state index in [0.717, 1.165) is 31.5 Å². The molecule has 1 amide bonds. The van der Waals surface area contributed by atoms with Gasteiger partial charge in [0.15, 0.2) is 0 Å². The van der Waals surface area contributed by atoms with Crippen molar-refractivity contribution < 1.29 is 4.79 Å². The van der Waals surface area contributed by atoms with Gasteiger partial charge in [-0.3, -0.25) is 9.78 Å². The van der Waals surface area contributed by atoms with Gasteiger partial charge in [-0.1, -0.05) is 6.07 Å². The van der Waals surface area contributed by atoms with Crippen molar-refractivity contribution >= 4 is 5.91 Å². The standard InChI is InChI=1S/C12H19N3O/c1-13-7-3-9-15-12(16)6-5-11-4-2-8-14-10-11/h2,4,8,10,13H,3,5-7,9H2,1H3,(H,15,16). The Balaban J connectivity index is 2.11. The van der Waals surface area contributed by atoms with Gasteiger partial charge in [0.25, 0.3) is 0 Å². The molecule has 4 nitrogen and oxygen atoms in total. The van der Waals surface area contributed by atoms with E-state index in [-0.39, 0.29) is 5.91 Å². The number of carbonyl (C=O) groups excluding carboxylic acids is 1. The summed E-state index contributed by atoms with van der Waals surface area (Å²) in [6.45, 7) is 1.68. The highest BCUT2D eigenvalue weighted by molar-refractivity contribution is 5.76. The average molecular weight is 221 g/mol. The molecule has 4 heteroatoms. The van der Waals surface area contributed by atoms with Gasteiger partial charge in [0, 0.05) is 25.4 Å². The molecule has 16 heavy (non-hydrogen) atoms. The van der Waals surface area contributed by atoms with E-state index in [1.165, 1.54) is 0 Å². The predicted molar refractivity (Wildman–Crippen MR) is 64.1 cm³/mol. The maximum Gasteiger partial charge on any atom is 0.220 e. The van der Waals surface area contributed by atoms with E-state index < -0.39 is 0 Å². The third-order valence-electron chi connectivity index (χ3n) is 2.29. The quantitative estimate of drug-likeness (QED) is 0.668. The first-order valence-electron chi connectivity index (χ1n) is 5.63. The van der Waals surface area contributed by atoms with Crippen molar-refractivity contribution in [1.82, 2.24) is 15.6 Å². The summed E-state index contributed by atoms with van der Waals surface area (Å²) in [6.07, 6.45) is 5.79. The van der Waals surface area contributed by atoms with Crippen LogP contribution in [0.2, 0.25) is 0 Å². The first-order valence-corrected chi connectivity index (χ1v) is 5.63. The average Bonchev–Trinajstić information content (AvgIpc) is 2.33. The van der Waals surface area contributed by atoms with Crippen LogP contribution in [0, 0.1) is 0 Å². The van der Waals surface area contributed by atoms with Crippen LogP contribution < -0.4 is 10.6 Å². The van der Waals surface area contributed by atoms with Crippen LogP contribution in [0.3, 0.4) is 0 Å². The smallest absolute Gasteiger partial charge is 0.220 e. The zero-order chi connectivity index (χ0) is 11.6. The van der Waals surface area contributed by atoms with E-state index in [2.05, 4.69) is 15.6 Å². The Morgan fingerprint density at radius 2 is 2.31 bits per heavy atom. The monoisotopic (exact) mass is 221 g/mol. The first-order chi connectivity index (χ1) is 7.83. The fourth-order valence-electron chi connectivity index (χ4n) is 1.39. The minimum absolute atomic E-state index is 0.111. The van der Waals surface area contributed by atoms with Crippen molar-refractivity contribution in [3.63, 3.8) is 0 Å². The Labute approximate surface area is 96.5 Å². The summed E-state index contributed by atoms with van der Waals surface area (Å²) in [5, 5.41) is 5.93. The largest absolute Gasteiger partial charge is 0.356 e. The van der Waals surface area contributed by atoms with Crippen LogP contribution in [0.4, 0.5) is 0 Å². The highest BCUT2D eigenvalue weighted by Gasteiger charge is 2.01. The molecule has 1 aromatic rings. The zero-order valence-corrected chi connectivity index (χ0v) is 9.70. The summed E-state index contributed by atoms with van der Waals surface area (Å²) in [5.41, 5.74) is 1.10. The number of amides is 1. The maximum atomic E-state index is 11.4. The van der Waals surface area contributed by atoms with Crippen LogP contribution in [-0.4, -0.2) is 31.0 Å². The Kier molecular flexibility index (Phi) is 6.18. The van der Waals surface area contributed by atoms with Crippen molar-refractivity contribution in [2.24, 2.45) is 0 Å². The molecular weight excluding hydrogens is 202 g/mol. The molecule has 0 aliphatic heterocycles. The lowest BCUT2D eigenvalue weighted by Gasteiger charge is -2.04. The van der Waals surface area contributed by atoms with Gasteiger partial charge in [-0.25, -0.2) is 0 Å². The van der Waals surface area contributed by atoms with E-state index in [1.54, 1.807) is 12.4 Å². The van der Waals surface area contributed by atoms with E-state index in [9.17, 15) is 4.79 Å². The zero-order valence-electron chi connectivity index (χ0n) is 9.70. The highest BCUT2D eigenvalue weighted by Crippen LogP contribution is 1.99. The third-order valence-corrected chi connectivity index (χ3v) is 2.29. The number of hydrogen-bond acceptors (Lipinski definition) is 3. The molecule has 0 unspecified atom stereocenters. The maximum absolute atomic E-state index is 11.4. The van der Waals surface area contributed by atoms with Crippen LogP contribution in [0.25, 0.3) is 0 Å². The van der Waals surface area contributed by atoms with Gasteiger partial charge in [0.1, 0.15) is 0 Å². The molecule has 0 aromatic carbocycles. The Morgan fingerprint density at radius 1 is 1.44 bits per heavy atom. The van der Waals surface area contributed by atoms with Crippen LogP contribution in [0.15, 0.2) is 24.5 Å². The normalized spacial score (nSPS) is 10.1. The second-order valence-electron chi connectivity index (χ2n) is 3.67. The van der Waals surface area contributed by atoms with Crippen molar-refractivity contribution in [2.45, 2.75) is 19.3 Å². The fraction of sp³-hybridized carbons (Fsp3) is 0.500. The molecule has 1 aromatic heterocycles. The fourth-order valence-corrected chi connectivity index (χ4v) is 1.39. The minimum Gasteiger partial charge on any atom is -0.356 e. The SMILES string of the molecule is CNCCCNC(=O)CCc1cccnc1. The van der Waals surface area contributed by atoms with Crippen molar-refractivity contribution in [2.75, 3.05) is 20.1 Å². The van der Waals surface area contributed by atoms with Gasteiger partial charge < -0.3 is 10.6 Å². The van der Waals surface area contributed by atoms with Gasteiger partial charge in [-0.05, 0) is 38.1 Å². The minimum atomic E-state index is 0.111. The number of pyridine rings is 1. The van der Waals surface area contributed by atoms with Gasteiger partial charge in [-0.2, -0.15) is 0 Å². The molecule has 0 saturated carbocycles. The van der Waals surface area contributed by atoms with E-state index in [0.29, 0.717) is 6.42 Å². The Bertz CT molecular complexity index is 300. The lowest BCUT2D eigenvalue weighted by atomic mass is 10.1. The molecular formula is C12H19N3O. The summed E-state index contributed by atoms with van der Waals surface area (Å²) >= 11 is 0. The summed E-state index contributed by atoms with van der Waals surface area (Å²) in [4.78, 5) is 15.4.